The van der Waals surface area contributed by atoms with Crippen LogP contribution in [0, 0.1) is 0 Å². The van der Waals surface area contributed by atoms with Gasteiger partial charge in [0.25, 0.3) is 0 Å². The first-order chi connectivity index (χ1) is 9.77. The highest BCUT2D eigenvalue weighted by Crippen LogP contribution is 2.50. The van der Waals surface area contributed by atoms with Crippen LogP contribution in [0.25, 0.3) is 21.4 Å². The summed E-state index contributed by atoms with van der Waals surface area (Å²) >= 11 is 1.86. The van der Waals surface area contributed by atoms with Crippen LogP contribution >= 0.6 is 11.3 Å². The fourth-order valence-corrected chi connectivity index (χ4v) is 4.76. The van der Waals surface area contributed by atoms with E-state index in [-0.39, 0.29) is 5.54 Å². The number of allylic oxidation sites excluding steroid dienone is 4. The number of hydrogen-bond acceptors (Lipinski definition) is 2. The Bertz CT molecular complexity index is 878. The minimum atomic E-state index is -0.173. The molecule has 0 fully saturated rings. The molecule has 0 saturated heterocycles. The van der Waals surface area contributed by atoms with Crippen molar-refractivity contribution in [3.05, 3.63) is 71.2 Å². The maximum atomic E-state index is 4.45. The Kier molecular flexibility index (Phi) is 1.78. The summed E-state index contributed by atoms with van der Waals surface area (Å²) in [5.41, 5.74) is 5.01. The van der Waals surface area contributed by atoms with Crippen LogP contribution in [0.2, 0.25) is 0 Å². The van der Waals surface area contributed by atoms with Crippen molar-refractivity contribution in [3.8, 4) is 0 Å². The Balaban J connectivity index is 2.02. The molecule has 1 N–H and O–H groups in total. The number of hydrogen-bond donors (Lipinski definition) is 1. The van der Waals surface area contributed by atoms with Gasteiger partial charge in [-0.15, -0.1) is 11.3 Å². The first-order valence-electron chi connectivity index (χ1n) is 6.87. The molecule has 2 heteroatoms. The van der Waals surface area contributed by atoms with Gasteiger partial charge < -0.3 is 5.32 Å². The molecule has 1 unspecified atom stereocenters. The van der Waals surface area contributed by atoms with Gasteiger partial charge in [0, 0.05) is 22.1 Å². The Hall–Kier alpha value is -2.06. The van der Waals surface area contributed by atoms with E-state index in [1.807, 2.05) is 11.3 Å². The minimum absolute atomic E-state index is 0.173. The van der Waals surface area contributed by atoms with Crippen molar-refractivity contribution in [1.82, 2.24) is 5.32 Å². The van der Waals surface area contributed by atoms with Gasteiger partial charge >= 0.3 is 0 Å². The van der Waals surface area contributed by atoms with E-state index < -0.39 is 0 Å². The summed E-state index contributed by atoms with van der Waals surface area (Å²) in [6, 6.07) is 6.87. The molecule has 2 aliphatic heterocycles. The summed E-state index contributed by atoms with van der Waals surface area (Å²) < 4.78 is 1.36. The van der Waals surface area contributed by atoms with Gasteiger partial charge in [0.15, 0.2) is 0 Å². The maximum Gasteiger partial charge on any atom is 0.0854 e. The Morgan fingerprint density at radius 2 is 2.15 bits per heavy atom. The standard InChI is InChI=1S/C18H13NS/c1-11-16-13-9-12-6-7-15(13)20-17(16)14-5-3-2-4-8-18(11,10-12)19-14/h2-9,19H,1,10H2/b3-2-,8-4+,14-5?. The summed E-state index contributed by atoms with van der Waals surface area (Å²) in [5, 5.41) is 5.12. The second-order valence-electron chi connectivity index (χ2n) is 5.71. The molecule has 1 nitrogen and oxygen atoms in total. The van der Waals surface area contributed by atoms with Gasteiger partial charge in [-0.3, -0.25) is 0 Å². The predicted octanol–water partition coefficient (Wildman–Crippen LogP) is 4.28. The van der Waals surface area contributed by atoms with Crippen molar-refractivity contribution in [1.29, 1.82) is 0 Å². The van der Waals surface area contributed by atoms with Crippen LogP contribution in [0.15, 0.2) is 55.2 Å². The van der Waals surface area contributed by atoms with Gasteiger partial charge in [-0.2, -0.15) is 0 Å². The van der Waals surface area contributed by atoms with Crippen LogP contribution in [-0.4, -0.2) is 5.54 Å². The van der Waals surface area contributed by atoms with Crippen LogP contribution in [0.4, 0.5) is 0 Å². The Morgan fingerprint density at radius 1 is 1.20 bits per heavy atom. The molecule has 20 heavy (non-hydrogen) atoms. The summed E-state index contributed by atoms with van der Waals surface area (Å²) in [4.78, 5) is 1.33. The van der Waals surface area contributed by atoms with Crippen LogP contribution in [0.1, 0.15) is 16.0 Å². The fraction of sp³-hybridized carbons (Fsp3) is 0.111. The van der Waals surface area contributed by atoms with Gasteiger partial charge in [-0.05, 0) is 29.3 Å². The molecule has 0 saturated carbocycles. The van der Waals surface area contributed by atoms with E-state index in [0.29, 0.717) is 0 Å². The number of benzene rings is 1. The molecule has 1 aromatic heterocycles. The van der Waals surface area contributed by atoms with E-state index >= 15 is 0 Å². The van der Waals surface area contributed by atoms with E-state index in [0.717, 1.165) is 6.42 Å². The van der Waals surface area contributed by atoms with Crippen LogP contribution in [0.3, 0.4) is 0 Å². The van der Waals surface area contributed by atoms with E-state index in [9.17, 15) is 0 Å². The van der Waals surface area contributed by atoms with Crippen molar-refractivity contribution < 1.29 is 0 Å². The Morgan fingerprint density at radius 3 is 3.10 bits per heavy atom. The molecule has 0 amide bonds. The second kappa shape index (κ2) is 3.33. The highest BCUT2D eigenvalue weighted by Gasteiger charge is 2.41. The lowest BCUT2D eigenvalue weighted by Gasteiger charge is -2.39. The lowest BCUT2D eigenvalue weighted by Crippen LogP contribution is -2.47. The first kappa shape index (κ1) is 10.7. The number of thiophene rings is 1. The van der Waals surface area contributed by atoms with Gasteiger partial charge in [0.1, 0.15) is 0 Å². The van der Waals surface area contributed by atoms with Gasteiger partial charge in [-0.1, -0.05) is 36.9 Å². The summed E-state index contributed by atoms with van der Waals surface area (Å²) in [7, 11) is 0. The fourth-order valence-electron chi connectivity index (χ4n) is 3.57. The van der Waals surface area contributed by atoms with Gasteiger partial charge in [0.05, 0.1) is 16.1 Å². The molecule has 1 spiro atoms. The third-order valence-electron chi connectivity index (χ3n) is 4.54. The first-order valence-corrected chi connectivity index (χ1v) is 7.68. The van der Waals surface area contributed by atoms with Crippen molar-refractivity contribution >= 4 is 32.7 Å². The molecule has 5 bridgehead atoms. The molecule has 1 aliphatic carbocycles. The van der Waals surface area contributed by atoms with E-state index in [1.54, 1.807) is 0 Å². The van der Waals surface area contributed by atoms with Gasteiger partial charge in [-0.25, -0.2) is 0 Å². The zero-order valence-electron chi connectivity index (χ0n) is 10.9. The third kappa shape index (κ3) is 1.14. The molecule has 1 aromatic carbocycles. The number of fused-ring (bicyclic) bond motifs is 3. The minimum Gasteiger partial charge on any atom is -0.371 e. The third-order valence-corrected chi connectivity index (χ3v) is 5.75. The lowest BCUT2D eigenvalue weighted by molar-refractivity contribution is 0.581. The van der Waals surface area contributed by atoms with Crippen molar-refractivity contribution in [3.63, 3.8) is 0 Å². The zero-order chi connectivity index (χ0) is 13.3. The van der Waals surface area contributed by atoms with Crippen LogP contribution in [0.5, 0.6) is 0 Å². The number of rotatable bonds is 0. The monoisotopic (exact) mass is 275 g/mol. The normalized spacial score (nSPS) is 28.6. The average molecular weight is 275 g/mol. The van der Waals surface area contributed by atoms with Gasteiger partial charge in [0.2, 0.25) is 0 Å². The van der Waals surface area contributed by atoms with Crippen molar-refractivity contribution in [2.75, 3.05) is 0 Å². The molecule has 5 rings (SSSR count). The molecule has 96 valence electrons. The highest BCUT2D eigenvalue weighted by molar-refractivity contribution is 7.20. The number of nitrogens with one attached hydrogen (secondary N) is 1. The molecule has 1 atom stereocenters. The van der Waals surface area contributed by atoms with Crippen LogP contribution < -0.4 is 5.32 Å². The topological polar surface area (TPSA) is 12.0 Å². The largest absolute Gasteiger partial charge is 0.371 e. The summed E-state index contributed by atoms with van der Waals surface area (Å²) in [6.07, 6.45) is 11.8. The Labute approximate surface area is 121 Å². The SMILES string of the molecule is C=C1c2c3sc4ccc(cc24)CC12/C=C/C=C\C=C3N2. The molecular weight excluding hydrogens is 262 g/mol. The highest BCUT2D eigenvalue weighted by atomic mass is 32.1. The summed E-state index contributed by atoms with van der Waals surface area (Å²) in [5.74, 6) is 0. The van der Waals surface area contributed by atoms with E-state index in [2.05, 4.69) is 60.5 Å². The molecule has 2 aromatic rings. The molecule has 3 heterocycles. The van der Waals surface area contributed by atoms with Crippen molar-refractivity contribution in [2.45, 2.75) is 12.0 Å². The average Bonchev–Trinajstić information content (AvgIpc) is 2.78. The second-order valence-corrected chi connectivity index (χ2v) is 6.76. The lowest BCUT2D eigenvalue weighted by atomic mass is 9.78. The molecule has 3 aliphatic rings. The van der Waals surface area contributed by atoms with E-state index in [4.69, 9.17) is 0 Å². The zero-order valence-corrected chi connectivity index (χ0v) is 11.8. The predicted molar refractivity (Wildman–Crippen MR) is 86.7 cm³/mol. The van der Waals surface area contributed by atoms with Crippen molar-refractivity contribution in [2.24, 2.45) is 0 Å². The molecular formula is C18H13NS. The van der Waals surface area contributed by atoms with Crippen LogP contribution in [-0.2, 0) is 6.42 Å². The quantitative estimate of drug-likeness (QED) is 0.756. The van der Waals surface area contributed by atoms with E-state index in [1.165, 1.54) is 37.4 Å². The summed E-state index contributed by atoms with van der Waals surface area (Å²) in [6.45, 7) is 4.45. The maximum absolute atomic E-state index is 4.45. The molecule has 0 radical (unpaired) electrons. The smallest absolute Gasteiger partial charge is 0.0854 e.